The van der Waals surface area contributed by atoms with Crippen molar-refractivity contribution in [3.05, 3.63) is 49.9 Å². The summed E-state index contributed by atoms with van der Waals surface area (Å²) in [7, 11) is 0. The van der Waals surface area contributed by atoms with Gasteiger partial charge in [0.05, 0.1) is 15.3 Å². The number of H-pyrrole nitrogens is 1. The fraction of sp³-hybridized carbons (Fsp3) is 0. The van der Waals surface area contributed by atoms with Crippen molar-refractivity contribution in [2.24, 2.45) is 0 Å². The normalized spacial score (nSPS) is 10.5. The van der Waals surface area contributed by atoms with Gasteiger partial charge in [-0.05, 0) is 6.07 Å². The van der Waals surface area contributed by atoms with Crippen molar-refractivity contribution in [1.29, 1.82) is 0 Å². The van der Waals surface area contributed by atoms with Gasteiger partial charge in [0.25, 0.3) is 11.2 Å². The molecule has 1 heterocycles. The third-order valence-electron chi connectivity index (χ3n) is 2.05. The molecule has 1 aromatic carbocycles. The number of hydrogen-bond acceptors (Lipinski definition) is 3. The summed E-state index contributed by atoms with van der Waals surface area (Å²) in [6, 6.07) is 3.98. The van der Waals surface area contributed by atoms with E-state index in [0.29, 0.717) is 10.4 Å². The molecule has 5 nitrogen and oxygen atoms in total. The second-order valence-corrected chi connectivity index (χ2v) is 3.36. The van der Waals surface area contributed by atoms with Crippen molar-refractivity contribution in [2.45, 2.75) is 0 Å². The summed E-state index contributed by atoms with van der Waals surface area (Å²) in [5, 5.41) is 11.6. The summed E-state index contributed by atoms with van der Waals surface area (Å²) in [6.07, 6.45) is 1.36. The van der Waals surface area contributed by atoms with Crippen molar-refractivity contribution >= 4 is 28.1 Å². The van der Waals surface area contributed by atoms with E-state index < -0.39 is 10.5 Å². The largest absolute Gasteiger partial charge is 0.327 e. The van der Waals surface area contributed by atoms with E-state index in [1.807, 2.05) is 0 Å². The first-order valence-electron chi connectivity index (χ1n) is 4.05. The zero-order valence-electron chi connectivity index (χ0n) is 7.36. The molecule has 1 N–H and O–H groups in total. The molecule has 2 rings (SSSR count). The van der Waals surface area contributed by atoms with Crippen LogP contribution >= 0.6 is 11.6 Å². The molecule has 0 aliphatic carbocycles. The topological polar surface area (TPSA) is 76.0 Å². The van der Waals surface area contributed by atoms with Crippen molar-refractivity contribution in [3.63, 3.8) is 0 Å². The van der Waals surface area contributed by atoms with Crippen LogP contribution in [0.15, 0.2) is 29.2 Å². The predicted octanol–water partition coefficient (Wildman–Crippen LogP) is 2.09. The molecule has 0 spiro atoms. The number of aromatic nitrogens is 1. The SMILES string of the molecule is O=c1[nH]cc(Cl)c2ccc([N+](=O)[O-])cc12. The van der Waals surface area contributed by atoms with Gasteiger partial charge in [-0.2, -0.15) is 0 Å². The van der Waals surface area contributed by atoms with E-state index in [9.17, 15) is 14.9 Å². The molecule has 0 aliphatic rings. The van der Waals surface area contributed by atoms with E-state index in [4.69, 9.17) is 11.6 Å². The molecule has 6 heteroatoms. The molecular weight excluding hydrogens is 220 g/mol. The van der Waals surface area contributed by atoms with Crippen LogP contribution in [0.3, 0.4) is 0 Å². The molecule has 0 aliphatic heterocycles. The summed E-state index contributed by atoms with van der Waals surface area (Å²) >= 11 is 5.82. The minimum absolute atomic E-state index is 0.129. The van der Waals surface area contributed by atoms with E-state index in [1.54, 1.807) is 0 Å². The minimum Gasteiger partial charge on any atom is -0.327 e. The van der Waals surface area contributed by atoms with Gasteiger partial charge in [0.2, 0.25) is 0 Å². The van der Waals surface area contributed by atoms with E-state index >= 15 is 0 Å². The van der Waals surface area contributed by atoms with Crippen LogP contribution in [0, 0.1) is 10.1 Å². The molecule has 0 atom stereocenters. The first kappa shape index (κ1) is 9.67. The predicted molar refractivity (Wildman–Crippen MR) is 56.2 cm³/mol. The van der Waals surface area contributed by atoms with E-state index in [0.717, 1.165) is 0 Å². The number of rotatable bonds is 1. The van der Waals surface area contributed by atoms with Crippen LogP contribution in [-0.2, 0) is 0 Å². The summed E-state index contributed by atoms with van der Waals surface area (Å²) in [4.78, 5) is 23.7. The lowest BCUT2D eigenvalue weighted by Crippen LogP contribution is -2.05. The van der Waals surface area contributed by atoms with E-state index in [1.165, 1.54) is 24.4 Å². The second kappa shape index (κ2) is 3.36. The number of nitro groups is 1. The number of non-ortho nitro benzene ring substituents is 1. The lowest BCUT2D eigenvalue weighted by molar-refractivity contribution is -0.384. The van der Waals surface area contributed by atoms with Gasteiger partial charge >= 0.3 is 0 Å². The Morgan fingerprint density at radius 1 is 1.33 bits per heavy atom. The molecule has 0 amide bonds. The van der Waals surface area contributed by atoms with Gasteiger partial charge in [-0.15, -0.1) is 0 Å². The minimum atomic E-state index is -0.556. The first-order chi connectivity index (χ1) is 7.09. The second-order valence-electron chi connectivity index (χ2n) is 2.95. The lowest BCUT2D eigenvalue weighted by Gasteiger charge is -1.98. The van der Waals surface area contributed by atoms with Crippen molar-refractivity contribution in [1.82, 2.24) is 4.98 Å². The maximum atomic E-state index is 11.4. The zero-order valence-corrected chi connectivity index (χ0v) is 8.12. The summed E-state index contributed by atoms with van der Waals surface area (Å²) < 4.78 is 0. The number of hydrogen-bond donors (Lipinski definition) is 1. The Hall–Kier alpha value is -1.88. The average molecular weight is 225 g/mol. The Labute approximate surface area is 88.5 Å². The van der Waals surface area contributed by atoms with Gasteiger partial charge in [-0.3, -0.25) is 14.9 Å². The summed E-state index contributed by atoms with van der Waals surface area (Å²) in [5.41, 5.74) is -0.520. The molecule has 0 saturated heterocycles. The number of nitro benzene ring substituents is 1. The van der Waals surface area contributed by atoms with Crippen molar-refractivity contribution in [3.8, 4) is 0 Å². The quantitative estimate of drug-likeness (QED) is 0.595. The fourth-order valence-electron chi connectivity index (χ4n) is 1.33. The van der Waals surface area contributed by atoms with Gasteiger partial charge in [-0.1, -0.05) is 11.6 Å². The van der Waals surface area contributed by atoms with Gasteiger partial charge in [0.1, 0.15) is 0 Å². The number of aromatic amines is 1. The van der Waals surface area contributed by atoms with Gasteiger partial charge in [0, 0.05) is 23.7 Å². The average Bonchev–Trinajstić information content (AvgIpc) is 2.23. The van der Waals surface area contributed by atoms with Crippen LogP contribution in [0.1, 0.15) is 0 Å². The number of pyridine rings is 1. The number of nitrogens with one attached hydrogen (secondary N) is 1. The van der Waals surface area contributed by atoms with E-state index in [-0.39, 0.29) is 11.1 Å². The Bertz CT molecular complexity index is 606. The highest BCUT2D eigenvalue weighted by Crippen LogP contribution is 2.23. The maximum Gasteiger partial charge on any atom is 0.270 e. The first-order valence-corrected chi connectivity index (χ1v) is 4.43. The molecule has 76 valence electrons. The van der Waals surface area contributed by atoms with Crippen LogP contribution in [-0.4, -0.2) is 9.91 Å². The summed E-state index contributed by atoms with van der Waals surface area (Å²) in [5.74, 6) is 0. The molecule has 0 bridgehead atoms. The van der Waals surface area contributed by atoms with Crippen LogP contribution in [0.2, 0.25) is 5.02 Å². The third kappa shape index (κ3) is 1.57. The Morgan fingerprint density at radius 3 is 2.73 bits per heavy atom. The molecule has 15 heavy (non-hydrogen) atoms. The number of fused-ring (bicyclic) bond motifs is 1. The fourth-order valence-corrected chi connectivity index (χ4v) is 1.55. The number of benzene rings is 1. The van der Waals surface area contributed by atoms with Crippen LogP contribution in [0.4, 0.5) is 5.69 Å². The Morgan fingerprint density at radius 2 is 2.07 bits per heavy atom. The van der Waals surface area contributed by atoms with Crippen LogP contribution in [0.25, 0.3) is 10.8 Å². The Balaban J connectivity index is 2.87. The van der Waals surface area contributed by atoms with Crippen molar-refractivity contribution < 1.29 is 4.92 Å². The van der Waals surface area contributed by atoms with Crippen LogP contribution in [0.5, 0.6) is 0 Å². The third-order valence-corrected chi connectivity index (χ3v) is 2.36. The molecule has 0 saturated carbocycles. The zero-order chi connectivity index (χ0) is 11.0. The Kier molecular flexibility index (Phi) is 2.17. The summed E-state index contributed by atoms with van der Waals surface area (Å²) in [6.45, 7) is 0. The molecule has 0 radical (unpaired) electrons. The highest BCUT2D eigenvalue weighted by atomic mass is 35.5. The lowest BCUT2D eigenvalue weighted by atomic mass is 10.1. The van der Waals surface area contributed by atoms with Crippen molar-refractivity contribution in [2.75, 3.05) is 0 Å². The molecule has 2 aromatic rings. The highest BCUT2D eigenvalue weighted by Gasteiger charge is 2.09. The van der Waals surface area contributed by atoms with E-state index in [2.05, 4.69) is 4.98 Å². The molecular formula is C9H5ClN2O3. The number of nitrogens with zero attached hydrogens (tertiary/aromatic N) is 1. The maximum absolute atomic E-state index is 11.4. The monoisotopic (exact) mass is 224 g/mol. The van der Waals surface area contributed by atoms with Gasteiger partial charge in [0.15, 0.2) is 0 Å². The molecule has 0 unspecified atom stereocenters. The molecule has 1 aromatic heterocycles. The van der Waals surface area contributed by atoms with Gasteiger partial charge < -0.3 is 4.98 Å². The van der Waals surface area contributed by atoms with Crippen LogP contribution < -0.4 is 5.56 Å². The standard InChI is InChI=1S/C9H5ClN2O3/c10-8-4-11-9(13)7-3-5(12(14)15)1-2-6(7)8/h1-4H,(H,11,13). The highest BCUT2D eigenvalue weighted by molar-refractivity contribution is 6.35. The molecule has 0 fully saturated rings. The number of halogens is 1. The van der Waals surface area contributed by atoms with Gasteiger partial charge in [-0.25, -0.2) is 0 Å². The smallest absolute Gasteiger partial charge is 0.270 e.